The second-order valence-electron chi connectivity index (χ2n) is 6.98. The molecule has 2 atom stereocenters. The summed E-state index contributed by atoms with van der Waals surface area (Å²) in [6.45, 7) is 10.1. The van der Waals surface area contributed by atoms with Gasteiger partial charge in [-0.25, -0.2) is 0 Å². The monoisotopic (exact) mass is 320 g/mol. The van der Waals surface area contributed by atoms with Crippen molar-refractivity contribution in [2.45, 2.75) is 78.0 Å². The Morgan fingerprint density at radius 3 is 2.14 bits per heavy atom. The molecule has 2 unspecified atom stereocenters. The fraction of sp³-hybridized carbons (Fsp3) is 0.632. The summed E-state index contributed by atoms with van der Waals surface area (Å²) in [4.78, 5) is 13.3. The fourth-order valence-corrected chi connectivity index (χ4v) is 7.81. The maximum Gasteiger partial charge on any atom is 0.222 e. The Morgan fingerprint density at radius 1 is 1.18 bits per heavy atom. The summed E-state index contributed by atoms with van der Waals surface area (Å²) in [5, 5.41) is 0. The summed E-state index contributed by atoms with van der Waals surface area (Å²) in [5.74, 6) is 0. The summed E-state index contributed by atoms with van der Waals surface area (Å²) in [6, 6.07) is 4.08. The van der Waals surface area contributed by atoms with Crippen molar-refractivity contribution >= 4 is 12.7 Å². The Labute approximate surface area is 135 Å². The molecule has 1 saturated carbocycles. The molecule has 0 saturated heterocycles. The third-order valence-corrected chi connectivity index (χ3v) is 9.46. The molecule has 0 spiro atoms. The number of hydrogen-bond acceptors (Lipinski definition) is 2. The standard InChI is InChI=1S/C19H29O2P/c1-6-16(5)22(21,17-9-7-8-10-17)19(20)18-14(3)11-13(2)12-15(18)4/h11-12,16-17H,6-10H2,1-5H3. The van der Waals surface area contributed by atoms with E-state index in [0.717, 1.165) is 54.4 Å². The molecule has 0 radical (unpaired) electrons. The van der Waals surface area contributed by atoms with Crippen LogP contribution in [-0.2, 0) is 4.57 Å². The van der Waals surface area contributed by atoms with E-state index in [9.17, 15) is 9.36 Å². The second-order valence-corrected chi connectivity index (χ2v) is 10.4. The minimum Gasteiger partial charge on any atom is -0.315 e. The minimum absolute atomic E-state index is 0.0109. The van der Waals surface area contributed by atoms with Crippen molar-refractivity contribution < 1.29 is 9.36 Å². The molecule has 2 rings (SSSR count). The van der Waals surface area contributed by atoms with Crippen LogP contribution in [0.15, 0.2) is 12.1 Å². The van der Waals surface area contributed by atoms with E-state index < -0.39 is 7.14 Å². The molecule has 1 aliphatic carbocycles. The molecule has 1 fully saturated rings. The lowest BCUT2D eigenvalue weighted by Crippen LogP contribution is -2.22. The van der Waals surface area contributed by atoms with Gasteiger partial charge in [-0.3, -0.25) is 4.79 Å². The Balaban J connectivity index is 2.53. The summed E-state index contributed by atoms with van der Waals surface area (Å²) < 4.78 is 13.9. The molecule has 3 heteroatoms. The molecule has 0 amide bonds. The lowest BCUT2D eigenvalue weighted by atomic mass is 10.0. The molecular weight excluding hydrogens is 291 g/mol. The molecule has 1 aromatic carbocycles. The van der Waals surface area contributed by atoms with E-state index in [2.05, 4.69) is 6.92 Å². The maximum absolute atomic E-state index is 13.9. The predicted octanol–water partition coefficient (Wildman–Crippen LogP) is 5.86. The van der Waals surface area contributed by atoms with E-state index in [1.807, 2.05) is 39.8 Å². The number of aryl methyl sites for hydroxylation is 3. The molecule has 0 N–H and O–H groups in total. The molecule has 0 aromatic heterocycles. The van der Waals surface area contributed by atoms with Gasteiger partial charge in [-0.05, 0) is 51.2 Å². The van der Waals surface area contributed by atoms with Crippen LogP contribution in [0.3, 0.4) is 0 Å². The summed E-state index contributed by atoms with van der Waals surface area (Å²) >= 11 is 0. The predicted molar refractivity (Wildman–Crippen MR) is 94.6 cm³/mol. The van der Waals surface area contributed by atoms with Crippen molar-refractivity contribution in [1.29, 1.82) is 0 Å². The molecule has 122 valence electrons. The molecule has 1 aliphatic rings. The Morgan fingerprint density at radius 2 is 1.68 bits per heavy atom. The van der Waals surface area contributed by atoms with Gasteiger partial charge in [0.25, 0.3) is 0 Å². The SMILES string of the molecule is CCC(C)P(=O)(C(=O)c1c(C)cc(C)cc1C)C1CCCC1. The smallest absolute Gasteiger partial charge is 0.222 e. The van der Waals surface area contributed by atoms with Crippen LogP contribution in [0, 0.1) is 20.8 Å². The number of rotatable bonds is 5. The number of carbonyl (C=O) groups excluding carboxylic acids is 1. The molecular formula is C19H29O2P. The first-order valence-electron chi connectivity index (χ1n) is 8.54. The van der Waals surface area contributed by atoms with Gasteiger partial charge >= 0.3 is 0 Å². The highest BCUT2D eigenvalue weighted by molar-refractivity contribution is 7.82. The van der Waals surface area contributed by atoms with Gasteiger partial charge in [0.1, 0.15) is 0 Å². The first-order valence-corrected chi connectivity index (χ1v) is 10.4. The third-order valence-electron chi connectivity index (χ3n) is 5.32. The van der Waals surface area contributed by atoms with Gasteiger partial charge in [0.2, 0.25) is 5.52 Å². The van der Waals surface area contributed by atoms with Gasteiger partial charge < -0.3 is 4.57 Å². The van der Waals surface area contributed by atoms with Crippen LogP contribution in [0.5, 0.6) is 0 Å². The van der Waals surface area contributed by atoms with Crippen molar-refractivity contribution in [3.05, 3.63) is 34.4 Å². The van der Waals surface area contributed by atoms with Crippen LogP contribution in [0.4, 0.5) is 0 Å². The van der Waals surface area contributed by atoms with E-state index >= 15 is 0 Å². The van der Waals surface area contributed by atoms with Gasteiger partial charge in [-0.15, -0.1) is 0 Å². The van der Waals surface area contributed by atoms with Crippen molar-refractivity contribution in [3.8, 4) is 0 Å². The summed E-state index contributed by atoms with van der Waals surface area (Å²) in [6.07, 6.45) is 4.95. The van der Waals surface area contributed by atoms with E-state index in [0.29, 0.717) is 0 Å². The lowest BCUT2D eigenvalue weighted by Gasteiger charge is -2.29. The highest BCUT2D eigenvalue weighted by Gasteiger charge is 2.45. The van der Waals surface area contributed by atoms with Gasteiger partial charge in [0, 0.05) is 16.9 Å². The van der Waals surface area contributed by atoms with Crippen LogP contribution in [-0.4, -0.2) is 16.8 Å². The highest BCUT2D eigenvalue weighted by Crippen LogP contribution is 2.63. The number of benzene rings is 1. The topological polar surface area (TPSA) is 34.1 Å². The molecule has 2 nitrogen and oxygen atoms in total. The molecule has 0 aliphatic heterocycles. The van der Waals surface area contributed by atoms with E-state index in [1.165, 1.54) is 0 Å². The lowest BCUT2D eigenvalue weighted by molar-refractivity contribution is 0.107. The Hall–Kier alpha value is -0.880. The van der Waals surface area contributed by atoms with Crippen LogP contribution < -0.4 is 0 Å². The molecule has 22 heavy (non-hydrogen) atoms. The highest BCUT2D eigenvalue weighted by atomic mass is 31.2. The van der Waals surface area contributed by atoms with E-state index in [-0.39, 0.29) is 16.8 Å². The first-order chi connectivity index (χ1) is 10.3. The summed E-state index contributed by atoms with van der Waals surface area (Å²) in [7, 11) is -2.88. The van der Waals surface area contributed by atoms with Crippen LogP contribution >= 0.6 is 7.14 Å². The van der Waals surface area contributed by atoms with Gasteiger partial charge in [0.05, 0.1) is 0 Å². The van der Waals surface area contributed by atoms with Gasteiger partial charge in [-0.2, -0.15) is 0 Å². The zero-order valence-corrected chi connectivity index (χ0v) is 15.5. The first kappa shape index (κ1) is 17.5. The Bertz CT molecular complexity index is 589. The Kier molecular flexibility index (Phi) is 5.33. The van der Waals surface area contributed by atoms with Gasteiger partial charge in [-0.1, -0.05) is 44.4 Å². The molecule has 0 heterocycles. The zero-order chi connectivity index (χ0) is 16.5. The van der Waals surface area contributed by atoms with E-state index in [4.69, 9.17) is 0 Å². The number of carbonyl (C=O) groups is 1. The van der Waals surface area contributed by atoms with Gasteiger partial charge in [0.15, 0.2) is 7.14 Å². The second kappa shape index (κ2) is 6.71. The largest absolute Gasteiger partial charge is 0.315 e. The van der Waals surface area contributed by atoms with Crippen LogP contribution in [0.25, 0.3) is 0 Å². The maximum atomic E-state index is 13.9. The average molecular weight is 320 g/mol. The fourth-order valence-electron chi connectivity index (χ4n) is 3.98. The molecule has 0 bridgehead atoms. The van der Waals surface area contributed by atoms with Crippen molar-refractivity contribution in [1.82, 2.24) is 0 Å². The normalized spacial score (nSPS) is 19.9. The minimum atomic E-state index is -2.88. The average Bonchev–Trinajstić information content (AvgIpc) is 2.98. The molecule has 1 aromatic rings. The number of hydrogen-bond donors (Lipinski definition) is 0. The van der Waals surface area contributed by atoms with Crippen molar-refractivity contribution in [2.24, 2.45) is 0 Å². The summed E-state index contributed by atoms with van der Waals surface area (Å²) in [5.41, 5.74) is 3.88. The van der Waals surface area contributed by atoms with Crippen LogP contribution in [0.2, 0.25) is 0 Å². The van der Waals surface area contributed by atoms with Crippen LogP contribution in [0.1, 0.15) is 73.0 Å². The zero-order valence-electron chi connectivity index (χ0n) is 14.6. The van der Waals surface area contributed by atoms with Crippen molar-refractivity contribution in [2.75, 3.05) is 0 Å². The van der Waals surface area contributed by atoms with E-state index in [1.54, 1.807) is 0 Å². The quantitative estimate of drug-likeness (QED) is 0.637. The van der Waals surface area contributed by atoms with Crippen molar-refractivity contribution in [3.63, 3.8) is 0 Å². The third kappa shape index (κ3) is 2.95.